The number of hydrogen-bond donors (Lipinski definition) is 0. The van der Waals surface area contributed by atoms with E-state index in [-0.39, 0.29) is 38.2 Å². The Morgan fingerprint density at radius 3 is 1.43 bits per heavy atom. The number of urea groups is 1. The molecule has 0 saturated carbocycles. The number of carbonyl (C=O) groups is 1. The SMILES string of the molecule is CCCCOc1ccc(CN2C(=O)N(Cc3ccc(OCCCC)cc3)[C@H](Cc3ccc(OS(=O)(=O)C(F)(F)F)cc3)[C@@H]3OC(C)(C)O[C@H]3[C@H]2Cc2ccc(OC[P+]3(OCC)OC(C)O3)cc2)cc1. The third-order valence-corrected chi connectivity index (χ3v) is 15.2. The minimum Gasteiger partial charge on any atom is -0.494 e. The van der Waals surface area contributed by atoms with Crippen LogP contribution in [0.5, 0.6) is 23.0 Å². The standard InChI is InChI=1S/C50H63F3N2O12PS/c1-7-10-28-59-40-22-16-38(17-23-40)32-54-44(30-36-12-20-42(21-13-36)61-34-68(62-9-3)65-35(4)66-68)46-47(64-49(5,6)63-46)45(31-37-14-26-43(27-15-37)67-69(57,58)50(51,52)53)55(48(54)56)33-39-18-24-41(25-19-39)60-29-11-8-2/h12-27,35,44-47H,7-11,28-34H2,1-6H3/q+1/t35?,44-,45-,46+,47+,68?/m1/s1. The van der Waals surface area contributed by atoms with E-state index in [9.17, 15) is 21.6 Å². The lowest BCUT2D eigenvalue weighted by atomic mass is 9.90. The number of benzene rings is 4. The Balaban J connectivity index is 1.25. The highest BCUT2D eigenvalue weighted by molar-refractivity contribution is 7.88. The first-order chi connectivity index (χ1) is 32.9. The van der Waals surface area contributed by atoms with Crippen molar-refractivity contribution < 1.29 is 67.8 Å². The van der Waals surface area contributed by atoms with Gasteiger partial charge in [0.25, 0.3) is 12.6 Å². The van der Waals surface area contributed by atoms with Crippen LogP contribution >= 0.6 is 7.94 Å². The highest BCUT2D eigenvalue weighted by Gasteiger charge is 2.60. The molecule has 0 aromatic heterocycles. The Hall–Kier alpha value is -4.68. The molecule has 2 amide bonds. The monoisotopic (exact) mass is 1000 g/mol. The van der Waals surface area contributed by atoms with Crippen molar-refractivity contribution >= 4 is 24.1 Å². The number of hydrogen-bond acceptors (Lipinski definition) is 12. The molecule has 4 aromatic rings. The first kappa shape index (κ1) is 52.2. The molecular formula is C50H63F3N2O12PS+. The Kier molecular flexibility index (Phi) is 17.1. The maximum atomic E-state index is 15.7. The van der Waals surface area contributed by atoms with Crippen LogP contribution in [-0.2, 0) is 59.1 Å². The quantitative estimate of drug-likeness (QED) is 0.0302. The molecule has 0 radical (unpaired) electrons. The predicted molar refractivity (Wildman–Crippen MR) is 253 cm³/mol. The van der Waals surface area contributed by atoms with Gasteiger partial charge in [-0.15, -0.1) is 9.05 Å². The van der Waals surface area contributed by atoms with E-state index in [1.54, 1.807) is 11.8 Å². The Morgan fingerprint density at radius 2 is 1.04 bits per heavy atom. The topological polar surface area (TPSA) is 141 Å². The molecule has 0 spiro atoms. The lowest BCUT2D eigenvalue weighted by molar-refractivity contribution is -0.157. The average Bonchev–Trinajstić information content (AvgIpc) is 3.60. The van der Waals surface area contributed by atoms with Crippen LogP contribution in [0.25, 0.3) is 0 Å². The van der Waals surface area contributed by atoms with Crippen molar-refractivity contribution in [3.63, 3.8) is 0 Å². The molecule has 0 unspecified atom stereocenters. The maximum Gasteiger partial charge on any atom is 0.534 e. The fourth-order valence-corrected chi connectivity index (χ4v) is 10.9. The maximum absolute atomic E-state index is 15.7. The molecule has 14 nitrogen and oxygen atoms in total. The van der Waals surface area contributed by atoms with Crippen LogP contribution in [0, 0.1) is 0 Å². The number of alkyl halides is 3. The molecule has 4 atom stereocenters. The van der Waals surface area contributed by atoms with E-state index in [0.717, 1.165) is 60.3 Å². The summed E-state index contributed by atoms with van der Waals surface area (Å²) in [5, 5.41) is 0. The van der Waals surface area contributed by atoms with Crippen LogP contribution in [-0.4, -0.2) is 92.3 Å². The molecule has 7 rings (SSSR count). The van der Waals surface area contributed by atoms with Crippen molar-refractivity contribution in [2.75, 3.05) is 26.2 Å². The molecule has 3 aliphatic heterocycles. The van der Waals surface area contributed by atoms with E-state index in [1.165, 1.54) is 12.1 Å². The summed E-state index contributed by atoms with van der Waals surface area (Å²) in [5.74, 6) is 0.398. The molecule has 0 bridgehead atoms. The van der Waals surface area contributed by atoms with Crippen molar-refractivity contribution in [1.82, 2.24) is 9.80 Å². The van der Waals surface area contributed by atoms with Crippen LogP contribution in [0.3, 0.4) is 0 Å². The Bertz CT molecular complexity index is 2380. The molecular weight excluding hydrogens is 941 g/mol. The van der Waals surface area contributed by atoms with Gasteiger partial charge in [0.05, 0.1) is 31.9 Å². The van der Waals surface area contributed by atoms with E-state index in [1.807, 2.05) is 98.5 Å². The third kappa shape index (κ3) is 13.4. The minimum atomic E-state index is -5.90. The predicted octanol–water partition coefficient (Wildman–Crippen LogP) is 11.0. The van der Waals surface area contributed by atoms with Crippen LogP contribution in [0.1, 0.15) is 89.5 Å². The molecule has 0 aliphatic carbocycles. The lowest BCUT2D eigenvalue weighted by Gasteiger charge is -2.37. The summed E-state index contributed by atoms with van der Waals surface area (Å²) in [5.41, 5.74) is -2.46. The van der Waals surface area contributed by atoms with E-state index in [4.69, 9.17) is 37.3 Å². The summed E-state index contributed by atoms with van der Waals surface area (Å²) in [6.45, 7) is 13.4. The van der Waals surface area contributed by atoms with Gasteiger partial charge in [-0.05, 0) is 124 Å². The number of ether oxygens (including phenoxy) is 5. The summed E-state index contributed by atoms with van der Waals surface area (Å²) in [6.07, 6.45) is 2.66. The largest absolute Gasteiger partial charge is 0.534 e. The Morgan fingerprint density at radius 1 is 0.638 bits per heavy atom. The van der Waals surface area contributed by atoms with Crippen molar-refractivity contribution in [2.24, 2.45) is 0 Å². The number of fused-ring (bicyclic) bond motifs is 1. The highest BCUT2D eigenvalue weighted by atomic mass is 32.2. The van der Waals surface area contributed by atoms with E-state index in [0.29, 0.717) is 43.3 Å². The van der Waals surface area contributed by atoms with Crippen LogP contribution < -0.4 is 18.4 Å². The molecule has 3 saturated heterocycles. The smallest absolute Gasteiger partial charge is 0.494 e. The number of unbranched alkanes of at least 4 members (excludes halogenated alkanes) is 2. The first-order valence-electron chi connectivity index (χ1n) is 23.5. The van der Waals surface area contributed by atoms with Crippen LogP contribution in [0.4, 0.5) is 18.0 Å². The summed E-state index contributed by atoms with van der Waals surface area (Å²) >= 11 is 0. The van der Waals surface area contributed by atoms with Gasteiger partial charge in [-0.2, -0.15) is 26.1 Å². The zero-order chi connectivity index (χ0) is 49.4. The van der Waals surface area contributed by atoms with Gasteiger partial charge in [-0.3, -0.25) is 0 Å². The minimum absolute atomic E-state index is 0.121. The average molecular weight is 1000 g/mol. The molecule has 0 N–H and O–H groups in total. The zero-order valence-electron chi connectivity index (χ0n) is 39.9. The highest BCUT2D eigenvalue weighted by Crippen LogP contribution is 2.70. The van der Waals surface area contributed by atoms with Crippen molar-refractivity contribution in [1.29, 1.82) is 0 Å². The molecule has 4 aromatic carbocycles. The second-order valence-corrected chi connectivity index (χ2v) is 21.4. The number of amides is 2. The zero-order valence-corrected chi connectivity index (χ0v) is 41.6. The van der Waals surface area contributed by atoms with Gasteiger partial charge in [-0.1, -0.05) is 75.2 Å². The first-order valence-corrected chi connectivity index (χ1v) is 26.6. The summed E-state index contributed by atoms with van der Waals surface area (Å²) in [4.78, 5) is 19.3. The van der Waals surface area contributed by atoms with E-state index >= 15 is 4.79 Å². The molecule has 19 heteroatoms. The van der Waals surface area contributed by atoms with Gasteiger partial charge < -0.3 is 37.7 Å². The van der Waals surface area contributed by atoms with Gasteiger partial charge in [-0.25, -0.2) is 4.79 Å². The second kappa shape index (κ2) is 22.6. The van der Waals surface area contributed by atoms with E-state index in [2.05, 4.69) is 18.0 Å². The number of halogens is 3. The van der Waals surface area contributed by atoms with Gasteiger partial charge in [0, 0.05) is 13.1 Å². The summed E-state index contributed by atoms with van der Waals surface area (Å²) in [7, 11) is -8.50. The molecule has 3 aliphatic rings. The lowest BCUT2D eigenvalue weighted by Crippen LogP contribution is -2.51. The Labute approximate surface area is 403 Å². The van der Waals surface area contributed by atoms with Crippen LogP contribution in [0.2, 0.25) is 0 Å². The summed E-state index contributed by atoms with van der Waals surface area (Å²) < 4.78 is 117. The van der Waals surface area contributed by atoms with Gasteiger partial charge in [0.2, 0.25) is 0 Å². The van der Waals surface area contributed by atoms with Crippen molar-refractivity contribution in [3.8, 4) is 23.0 Å². The molecule has 3 fully saturated rings. The number of carbonyl (C=O) groups excluding carboxylic acids is 1. The fourth-order valence-electron chi connectivity index (χ4n) is 8.51. The molecule has 3 heterocycles. The number of rotatable bonds is 23. The fraction of sp³-hybridized carbons (Fsp3) is 0.500. The normalized spacial score (nSPS) is 23.5. The van der Waals surface area contributed by atoms with E-state index < -0.39 is 59.4 Å². The van der Waals surface area contributed by atoms with Gasteiger partial charge in [0.15, 0.2) is 5.79 Å². The molecule has 69 heavy (non-hydrogen) atoms. The van der Waals surface area contributed by atoms with Gasteiger partial charge in [0.1, 0.15) is 35.2 Å². The summed E-state index contributed by atoms with van der Waals surface area (Å²) in [6, 6.07) is 26.6. The van der Waals surface area contributed by atoms with Crippen molar-refractivity contribution in [2.45, 2.75) is 135 Å². The second-order valence-electron chi connectivity index (χ2n) is 17.7. The van der Waals surface area contributed by atoms with Gasteiger partial charge >= 0.3 is 29.6 Å². The van der Waals surface area contributed by atoms with Crippen molar-refractivity contribution in [3.05, 3.63) is 119 Å². The molecule has 376 valence electrons. The third-order valence-electron chi connectivity index (χ3n) is 11.9. The van der Waals surface area contributed by atoms with Crippen LogP contribution in [0.15, 0.2) is 97.1 Å². The number of nitrogens with zero attached hydrogens (tertiary/aromatic N) is 2.